The van der Waals surface area contributed by atoms with Crippen LogP contribution in [0.15, 0.2) is 41.9 Å². The SMILES string of the molecule is COc1cc(CS(=O)(=O)/C=C/c2ccc(F)cc2)cnc1[N+](=O)[O-]. The summed E-state index contributed by atoms with van der Waals surface area (Å²) in [5.41, 5.74) is 0.778. The van der Waals surface area contributed by atoms with E-state index in [2.05, 4.69) is 4.98 Å². The molecule has 0 aliphatic heterocycles. The fraction of sp³-hybridized carbons (Fsp3) is 0.133. The van der Waals surface area contributed by atoms with Crippen molar-refractivity contribution in [3.05, 3.63) is 69.0 Å². The number of rotatable bonds is 6. The molecule has 1 aromatic carbocycles. The number of methoxy groups -OCH3 is 1. The quantitative estimate of drug-likeness (QED) is 0.585. The zero-order chi connectivity index (χ0) is 17.7. The molecule has 0 amide bonds. The van der Waals surface area contributed by atoms with E-state index in [1.165, 1.54) is 43.5 Å². The summed E-state index contributed by atoms with van der Waals surface area (Å²) in [6.07, 6.45) is 2.45. The van der Waals surface area contributed by atoms with Crippen molar-refractivity contribution >= 4 is 21.7 Å². The first-order valence-electron chi connectivity index (χ1n) is 6.64. The standard InChI is InChI=1S/C15H13FN2O5S/c1-23-14-8-12(9-17-15(14)18(19)20)10-24(21,22)7-6-11-2-4-13(16)5-3-11/h2-9H,10H2,1H3/b7-6+. The number of hydrogen-bond acceptors (Lipinski definition) is 6. The van der Waals surface area contributed by atoms with Crippen molar-refractivity contribution in [2.24, 2.45) is 0 Å². The Bertz CT molecular complexity index is 879. The lowest BCUT2D eigenvalue weighted by Gasteiger charge is -2.03. The Hall–Kier alpha value is -2.81. The molecule has 0 radical (unpaired) electrons. The summed E-state index contributed by atoms with van der Waals surface area (Å²) in [6.45, 7) is 0. The van der Waals surface area contributed by atoms with Gasteiger partial charge < -0.3 is 14.9 Å². The maximum absolute atomic E-state index is 12.8. The van der Waals surface area contributed by atoms with Crippen LogP contribution in [0.3, 0.4) is 0 Å². The van der Waals surface area contributed by atoms with Crippen molar-refractivity contribution in [1.82, 2.24) is 4.98 Å². The van der Waals surface area contributed by atoms with E-state index in [0.717, 1.165) is 11.6 Å². The molecule has 9 heteroatoms. The Morgan fingerprint density at radius 2 is 2.00 bits per heavy atom. The number of nitro groups is 1. The Kier molecular flexibility index (Phi) is 5.24. The van der Waals surface area contributed by atoms with Crippen LogP contribution in [0, 0.1) is 15.9 Å². The zero-order valence-electron chi connectivity index (χ0n) is 12.5. The summed E-state index contributed by atoms with van der Waals surface area (Å²) in [6, 6.07) is 6.58. The van der Waals surface area contributed by atoms with Crippen LogP contribution in [0.4, 0.5) is 10.2 Å². The first kappa shape index (κ1) is 17.5. The van der Waals surface area contributed by atoms with Crippen LogP contribution >= 0.6 is 0 Å². The predicted octanol–water partition coefficient (Wildman–Crippen LogP) is 2.72. The molecule has 126 valence electrons. The molecule has 24 heavy (non-hydrogen) atoms. The summed E-state index contributed by atoms with van der Waals surface area (Å²) >= 11 is 0. The van der Waals surface area contributed by atoms with Gasteiger partial charge in [-0.2, -0.15) is 0 Å². The molecule has 0 bridgehead atoms. The molecule has 0 N–H and O–H groups in total. The molecule has 0 aliphatic carbocycles. The topological polar surface area (TPSA) is 99.4 Å². The molecule has 2 rings (SSSR count). The van der Waals surface area contributed by atoms with E-state index in [1.807, 2.05) is 0 Å². The third-order valence-electron chi connectivity index (χ3n) is 2.99. The molecule has 0 spiro atoms. The van der Waals surface area contributed by atoms with Gasteiger partial charge in [0.15, 0.2) is 9.84 Å². The molecule has 0 saturated carbocycles. The van der Waals surface area contributed by atoms with Gasteiger partial charge in [-0.15, -0.1) is 0 Å². The summed E-state index contributed by atoms with van der Waals surface area (Å²) in [5.74, 6) is -1.42. The third-order valence-corrected chi connectivity index (χ3v) is 4.27. The van der Waals surface area contributed by atoms with Crippen molar-refractivity contribution in [1.29, 1.82) is 0 Å². The van der Waals surface area contributed by atoms with Crippen LogP contribution in [0.5, 0.6) is 5.75 Å². The molecule has 0 atom stereocenters. The molecule has 0 fully saturated rings. The van der Waals surface area contributed by atoms with Crippen molar-refractivity contribution in [3.63, 3.8) is 0 Å². The van der Waals surface area contributed by atoms with Gasteiger partial charge in [0.25, 0.3) is 0 Å². The zero-order valence-corrected chi connectivity index (χ0v) is 13.4. The second kappa shape index (κ2) is 7.18. The molecule has 7 nitrogen and oxygen atoms in total. The number of hydrogen-bond donors (Lipinski definition) is 0. The second-order valence-electron chi connectivity index (χ2n) is 4.79. The highest BCUT2D eigenvalue weighted by atomic mass is 32.2. The number of sulfone groups is 1. The van der Waals surface area contributed by atoms with Gasteiger partial charge in [0.1, 0.15) is 12.0 Å². The summed E-state index contributed by atoms with van der Waals surface area (Å²) in [5, 5.41) is 11.8. The lowest BCUT2D eigenvalue weighted by molar-refractivity contribution is -0.390. The highest BCUT2D eigenvalue weighted by molar-refractivity contribution is 7.93. The van der Waals surface area contributed by atoms with Gasteiger partial charge in [0.05, 0.1) is 12.9 Å². The maximum atomic E-state index is 12.8. The maximum Gasteiger partial charge on any atom is 0.406 e. The Balaban J connectivity index is 2.19. The third kappa shape index (κ3) is 4.59. The van der Waals surface area contributed by atoms with E-state index in [0.29, 0.717) is 5.56 Å². The van der Waals surface area contributed by atoms with Crippen molar-refractivity contribution in [2.45, 2.75) is 5.75 Å². The summed E-state index contributed by atoms with van der Waals surface area (Å²) < 4.78 is 41.8. The summed E-state index contributed by atoms with van der Waals surface area (Å²) in [4.78, 5) is 13.7. The number of benzene rings is 1. The minimum Gasteiger partial charge on any atom is -0.489 e. The molecule has 1 aromatic heterocycles. The minimum absolute atomic E-state index is 0.116. The van der Waals surface area contributed by atoms with Crippen LogP contribution in [0.25, 0.3) is 6.08 Å². The van der Waals surface area contributed by atoms with Gasteiger partial charge in [0.2, 0.25) is 5.75 Å². The van der Waals surface area contributed by atoms with Crippen molar-refractivity contribution in [3.8, 4) is 5.75 Å². The Morgan fingerprint density at radius 1 is 1.33 bits per heavy atom. The van der Waals surface area contributed by atoms with E-state index >= 15 is 0 Å². The number of ether oxygens (including phenoxy) is 1. The van der Waals surface area contributed by atoms with Crippen LogP contribution in [0.2, 0.25) is 0 Å². The molecular formula is C15H13FN2O5S. The molecule has 2 aromatic rings. The molecular weight excluding hydrogens is 339 g/mol. The van der Waals surface area contributed by atoms with Crippen molar-refractivity contribution in [2.75, 3.05) is 7.11 Å². The monoisotopic (exact) mass is 352 g/mol. The van der Waals surface area contributed by atoms with E-state index in [1.54, 1.807) is 0 Å². The van der Waals surface area contributed by atoms with Gasteiger partial charge >= 0.3 is 5.82 Å². The Labute approximate surface area is 137 Å². The van der Waals surface area contributed by atoms with Gasteiger partial charge in [-0.05, 0) is 39.7 Å². The number of aromatic nitrogens is 1. The summed E-state index contributed by atoms with van der Waals surface area (Å²) in [7, 11) is -2.41. The van der Waals surface area contributed by atoms with Gasteiger partial charge in [-0.1, -0.05) is 12.1 Å². The normalized spacial score (nSPS) is 11.6. The average molecular weight is 352 g/mol. The first-order chi connectivity index (χ1) is 11.3. The fourth-order valence-corrected chi connectivity index (χ4v) is 2.96. The van der Waals surface area contributed by atoms with Gasteiger partial charge in [0, 0.05) is 11.0 Å². The van der Waals surface area contributed by atoms with Crippen LogP contribution in [-0.2, 0) is 15.6 Å². The largest absolute Gasteiger partial charge is 0.489 e. The predicted molar refractivity (Wildman–Crippen MR) is 85.5 cm³/mol. The van der Waals surface area contributed by atoms with E-state index in [9.17, 15) is 22.9 Å². The first-order valence-corrected chi connectivity index (χ1v) is 8.36. The highest BCUT2D eigenvalue weighted by Gasteiger charge is 2.19. The van der Waals surface area contributed by atoms with E-state index in [4.69, 9.17) is 4.74 Å². The molecule has 0 saturated heterocycles. The van der Waals surface area contributed by atoms with E-state index < -0.39 is 32.1 Å². The fourth-order valence-electron chi connectivity index (χ4n) is 1.88. The van der Waals surface area contributed by atoms with Crippen LogP contribution < -0.4 is 4.74 Å². The Morgan fingerprint density at radius 3 is 2.58 bits per heavy atom. The minimum atomic E-state index is -3.64. The lowest BCUT2D eigenvalue weighted by Crippen LogP contribution is -2.03. The molecule has 0 aliphatic rings. The molecule has 1 heterocycles. The number of halogens is 1. The van der Waals surface area contributed by atoms with Crippen molar-refractivity contribution < 1.29 is 22.5 Å². The smallest absolute Gasteiger partial charge is 0.406 e. The van der Waals surface area contributed by atoms with Crippen LogP contribution in [0.1, 0.15) is 11.1 Å². The molecule has 0 unspecified atom stereocenters. The number of nitrogens with zero attached hydrogens (tertiary/aromatic N) is 2. The van der Waals surface area contributed by atoms with Gasteiger partial charge in [-0.3, -0.25) is 0 Å². The number of pyridine rings is 1. The van der Waals surface area contributed by atoms with E-state index in [-0.39, 0.29) is 11.3 Å². The second-order valence-corrected chi connectivity index (χ2v) is 6.67. The van der Waals surface area contributed by atoms with Gasteiger partial charge in [-0.25, -0.2) is 12.8 Å². The average Bonchev–Trinajstić information content (AvgIpc) is 2.53. The lowest BCUT2D eigenvalue weighted by atomic mass is 10.2. The van der Waals surface area contributed by atoms with Crippen LogP contribution in [-0.4, -0.2) is 25.4 Å². The highest BCUT2D eigenvalue weighted by Crippen LogP contribution is 2.25.